The molecule has 0 radical (unpaired) electrons. The molecule has 0 N–H and O–H groups in total. The Morgan fingerprint density at radius 1 is 0.355 bits per heavy atom. The molecule has 0 aliphatic heterocycles. The largest absolute Gasteiger partial charge is 0.376 e. The van der Waals surface area contributed by atoms with E-state index in [0.717, 1.165) is 19.6 Å². The summed E-state index contributed by atoms with van der Waals surface area (Å²) in [7, 11) is 0. The van der Waals surface area contributed by atoms with E-state index in [1.807, 2.05) is 0 Å². The van der Waals surface area contributed by atoms with E-state index in [4.69, 9.17) is 9.47 Å². The highest BCUT2D eigenvalue weighted by Crippen LogP contribution is 2.29. The molecule has 0 aromatic heterocycles. The lowest BCUT2D eigenvalue weighted by Gasteiger charge is -2.26. The van der Waals surface area contributed by atoms with Crippen LogP contribution >= 0.6 is 0 Å². The van der Waals surface area contributed by atoms with Gasteiger partial charge in [-0.1, -0.05) is 83.1 Å². The molecule has 0 unspecified atom stereocenters. The van der Waals surface area contributed by atoms with Crippen LogP contribution in [0.15, 0.2) is 0 Å². The summed E-state index contributed by atoms with van der Waals surface area (Å²) in [6.07, 6.45) is 3.79. The van der Waals surface area contributed by atoms with E-state index in [0.29, 0.717) is 16.2 Å². The summed E-state index contributed by atoms with van der Waals surface area (Å²) in [6.45, 7) is 41.3. The first-order valence-corrected chi connectivity index (χ1v) is 12.4. The smallest absolute Gasteiger partial charge is 0.0598 e. The molecule has 0 heterocycles. The van der Waals surface area contributed by atoms with Crippen molar-refractivity contribution >= 4 is 0 Å². The van der Waals surface area contributed by atoms with E-state index in [1.165, 1.54) is 12.8 Å². The maximum atomic E-state index is 5.61. The molecule has 0 aromatic rings. The van der Waals surface area contributed by atoms with Crippen molar-refractivity contribution < 1.29 is 9.47 Å². The molecule has 0 saturated carbocycles. The van der Waals surface area contributed by atoms with Crippen LogP contribution in [0.5, 0.6) is 0 Å². The van der Waals surface area contributed by atoms with Gasteiger partial charge in [0.05, 0.1) is 17.8 Å². The lowest BCUT2D eigenvalue weighted by Crippen LogP contribution is -2.26. The third-order valence-electron chi connectivity index (χ3n) is 3.95. The van der Waals surface area contributed by atoms with E-state index < -0.39 is 0 Å². The molecule has 0 rings (SSSR count). The fourth-order valence-corrected chi connectivity index (χ4v) is 1.85. The summed E-state index contributed by atoms with van der Waals surface area (Å²) in [5.41, 5.74) is 1.72. The summed E-state index contributed by atoms with van der Waals surface area (Å²) in [4.78, 5) is 0. The summed E-state index contributed by atoms with van der Waals surface area (Å²) < 4.78 is 11.2. The molecule has 0 bridgehead atoms. The van der Waals surface area contributed by atoms with Crippen molar-refractivity contribution in [3.8, 4) is 0 Å². The topological polar surface area (TPSA) is 18.5 Å². The average Bonchev–Trinajstić information content (AvgIpc) is 2.39. The fraction of sp³-hybridized carbons (Fsp3) is 1.00. The Morgan fingerprint density at radius 3 is 0.806 bits per heavy atom. The Labute approximate surface area is 199 Å². The predicted octanol–water partition coefficient (Wildman–Crippen LogP) is 9.94. The molecule has 0 atom stereocenters. The van der Waals surface area contributed by atoms with Gasteiger partial charge in [0.25, 0.3) is 0 Å². The first kappa shape index (κ1) is 35.5. The standard InChI is InChI=1S/C10H22O.C10H22.C9H20O/c1-9(2,3)7-8-11-10(4,5)6;1-9(2,3)7-8-10(4,5)6;1-8(2,3)7-10-9(4,5)6/h7-8H2,1-6H3;7-8H2,1-6H3;7H2,1-6H3. The quantitative estimate of drug-likeness (QED) is 0.429. The molecule has 2 nitrogen and oxygen atoms in total. The van der Waals surface area contributed by atoms with E-state index in [9.17, 15) is 0 Å². The van der Waals surface area contributed by atoms with Gasteiger partial charge < -0.3 is 9.47 Å². The molecular weight excluding hydrogens is 380 g/mol. The maximum Gasteiger partial charge on any atom is 0.0598 e. The summed E-state index contributed by atoms with van der Waals surface area (Å²) in [5.74, 6) is 0. The van der Waals surface area contributed by atoms with Crippen molar-refractivity contribution in [2.24, 2.45) is 21.7 Å². The van der Waals surface area contributed by atoms with Crippen LogP contribution in [0.2, 0.25) is 0 Å². The fourth-order valence-electron chi connectivity index (χ4n) is 1.85. The van der Waals surface area contributed by atoms with E-state index in [2.05, 4.69) is 125 Å². The van der Waals surface area contributed by atoms with Crippen LogP contribution in [0.25, 0.3) is 0 Å². The van der Waals surface area contributed by atoms with Crippen LogP contribution in [0, 0.1) is 21.7 Å². The van der Waals surface area contributed by atoms with Crippen LogP contribution in [0.1, 0.15) is 144 Å². The second-order valence-electron chi connectivity index (χ2n) is 15.9. The van der Waals surface area contributed by atoms with Gasteiger partial charge in [-0.15, -0.1) is 0 Å². The highest BCUT2D eigenvalue weighted by Gasteiger charge is 2.17. The van der Waals surface area contributed by atoms with E-state index >= 15 is 0 Å². The second-order valence-corrected chi connectivity index (χ2v) is 15.9. The molecule has 0 spiro atoms. The van der Waals surface area contributed by atoms with Crippen LogP contribution in [0.3, 0.4) is 0 Å². The molecule has 192 valence electrons. The van der Waals surface area contributed by atoms with Gasteiger partial charge in [-0.2, -0.15) is 0 Å². The van der Waals surface area contributed by atoms with Gasteiger partial charge in [0.15, 0.2) is 0 Å². The molecule has 0 amide bonds. The van der Waals surface area contributed by atoms with Gasteiger partial charge >= 0.3 is 0 Å². The van der Waals surface area contributed by atoms with Gasteiger partial charge in [-0.05, 0) is 82.5 Å². The SMILES string of the molecule is CC(C)(C)CCC(C)(C)C.CC(C)(C)CCOC(C)(C)C.CC(C)(C)COC(C)(C)C. The van der Waals surface area contributed by atoms with Crippen LogP contribution in [0.4, 0.5) is 0 Å². The van der Waals surface area contributed by atoms with Crippen molar-refractivity contribution in [1.82, 2.24) is 0 Å². The van der Waals surface area contributed by atoms with Crippen molar-refractivity contribution in [1.29, 1.82) is 0 Å². The van der Waals surface area contributed by atoms with Crippen LogP contribution in [-0.2, 0) is 9.47 Å². The number of hydrogen-bond acceptors (Lipinski definition) is 2. The monoisotopic (exact) mass is 444 g/mol. The number of rotatable bonds is 4. The van der Waals surface area contributed by atoms with Crippen LogP contribution < -0.4 is 0 Å². The Morgan fingerprint density at radius 2 is 0.645 bits per heavy atom. The lowest BCUT2D eigenvalue weighted by atomic mass is 9.81. The normalized spacial score (nSPS) is 13.7. The molecule has 31 heavy (non-hydrogen) atoms. The zero-order valence-corrected chi connectivity index (χ0v) is 25.4. The minimum Gasteiger partial charge on any atom is -0.376 e. The summed E-state index contributed by atoms with van der Waals surface area (Å²) >= 11 is 0. The van der Waals surface area contributed by atoms with E-state index in [-0.39, 0.29) is 16.6 Å². The minimum absolute atomic E-state index is 0.00722. The zero-order chi connectivity index (χ0) is 25.9. The summed E-state index contributed by atoms with van der Waals surface area (Å²) in [6, 6.07) is 0. The van der Waals surface area contributed by atoms with Gasteiger partial charge in [-0.3, -0.25) is 0 Å². The highest BCUT2D eigenvalue weighted by molar-refractivity contribution is 4.68. The van der Waals surface area contributed by atoms with Crippen molar-refractivity contribution in [2.45, 2.75) is 155 Å². The van der Waals surface area contributed by atoms with Crippen molar-refractivity contribution in [3.63, 3.8) is 0 Å². The first-order valence-electron chi connectivity index (χ1n) is 12.4. The summed E-state index contributed by atoms with van der Waals surface area (Å²) in [5, 5.41) is 0. The average molecular weight is 445 g/mol. The molecule has 0 fully saturated rings. The second kappa shape index (κ2) is 13.6. The Hall–Kier alpha value is -0.0800. The van der Waals surface area contributed by atoms with Crippen LogP contribution in [-0.4, -0.2) is 24.4 Å². The predicted molar refractivity (Wildman–Crippen MR) is 143 cm³/mol. The molecule has 0 saturated heterocycles. The maximum absolute atomic E-state index is 5.61. The Kier molecular flexibility index (Phi) is 15.6. The molecule has 0 aliphatic rings. The molecule has 0 aromatic carbocycles. The third kappa shape index (κ3) is 48.5. The zero-order valence-electron chi connectivity index (χ0n) is 25.4. The molecular formula is C29H64O2. The Bertz CT molecular complexity index is 350. The molecule has 0 aliphatic carbocycles. The minimum atomic E-state index is 0.00722. The first-order chi connectivity index (χ1) is 13.1. The lowest BCUT2D eigenvalue weighted by molar-refractivity contribution is -0.0382. The molecule has 2 heteroatoms. The third-order valence-corrected chi connectivity index (χ3v) is 3.95. The van der Waals surface area contributed by atoms with Gasteiger partial charge in [0.1, 0.15) is 0 Å². The highest BCUT2D eigenvalue weighted by atomic mass is 16.5. The van der Waals surface area contributed by atoms with Gasteiger partial charge in [0.2, 0.25) is 0 Å². The van der Waals surface area contributed by atoms with Crippen molar-refractivity contribution in [3.05, 3.63) is 0 Å². The van der Waals surface area contributed by atoms with Gasteiger partial charge in [-0.25, -0.2) is 0 Å². The van der Waals surface area contributed by atoms with E-state index in [1.54, 1.807) is 0 Å². The Balaban J connectivity index is -0.000000380. The van der Waals surface area contributed by atoms with Gasteiger partial charge in [0, 0.05) is 6.61 Å². The number of ether oxygens (including phenoxy) is 2. The number of hydrogen-bond donors (Lipinski definition) is 0. The van der Waals surface area contributed by atoms with Crippen molar-refractivity contribution in [2.75, 3.05) is 13.2 Å².